The Morgan fingerprint density at radius 1 is 1.69 bits per heavy atom. The minimum atomic E-state index is -1.18. The largest absolute Gasteiger partial charge is 0.480 e. The third-order valence-electron chi connectivity index (χ3n) is 2.67. The molecule has 1 aliphatic rings. The molecule has 1 fully saturated rings. The maximum Gasteiger partial charge on any atom is 0.325 e. The fourth-order valence-electron chi connectivity index (χ4n) is 1.73. The quantitative estimate of drug-likeness (QED) is 0.809. The Labute approximate surface area is 101 Å². The minimum absolute atomic E-state index is 0.262. The number of carbonyl (C=O) groups is 1. The van der Waals surface area contributed by atoms with Crippen LogP contribution in [-0.4, -0.2) is 39.7 Å². The summed E-state index contributed by atoms with van der Waals surface area (Å²) in [7, 11) is 0. The highest BCUT2D eigenvalue weighted by Gasteiger charge is 2.42. The lowest BCUT2D eigenvalue weighted by atomic mass is 10.0. The van der Waals surface area contributed by atoms with Gasteiger partial charge in [0.15, 0.2) is 0 Å². The number of hydrogen-bond donors (Lipinski definition) is 2. The first-order valence-electron chi connectivity index (χ1n) is 4.76. The molecule has 6 nitrogen and oxygen atoms in total. The van der Waals surface area contributed by atoms with Crippen LogP contribution >= 0.6 is 15.9 Å². The van der Waals surface area contributed by atoms with Crippen LogP contribution in [0.15, 0.2) is 17.0 Å². The zero-order valence-corrected chi connectivity index (χ0v) is 10.0. The Balaban J connectivity index is 2.22. The van der Waals surface area contributed by atoms with Crippen molar-refractivity contribution in [1.82, 2.24) is 9.97 Å². The molecule has 0 saturated carbocycles. The summed E-state index contributed by atoms with van der Waals surface area (Å²) in [6, 6.07) is 0. The first-order valence-corrected chi connectivity index (χ1v) is 5.55. The lowest BCUT2D eigenvalue weighted by Gasteiger charge is -2.21. The van der Waals surface area contributed by atoms with Gasteiger partial charge >= 0.3 is 5.97 Å². The van der Waals surface area contributed by atoms with Gasteiger partial charge in [0, 0.05) is 19.3 Å². The fraction of sp³-hybridized carbons (Fsp3) is 0.444. The van der Waals surface area contributed by atoms with E-state index < -0.39 is 11.5 Å². The number of aromatic nitrogens is 2. The van der Waals surface area contributed by atoms with Crippen molar-refractivity contribution < 1.29 is 9.90 Å². The van der Waals surface area contributed by atoms with Crippen LogP contribution in [0.25, 0.3) is 0 Å². The molecule has 0 bridgehead atoms. The lowest BCUT2D eigenvalue weighted by molar-refractivity contribution is -0.142. The number of anilines is 1. The third-order valence-corrected chi connectivity index (χ3v) is 3.23. The second kappa shape index (κ2) is 3.99. The van der Waals surface area contributed by atoms with Crippen LogP contribution in [-0.2, 0) is 4.79 Å². The normalized spacial score (nSPS) is 24.8. The first-order chi connectivity index (χ1) is 7.53. The molecule has 1 saturated heterocycles. The van der Waals surface area contributed by atoms with Gasteiger partial charge in [-0.05, 0) is 22.4 Å². The van der Waals surface area contributed by atoms with Gasteiger partial charge in [0.2, 0.25) is 0 Å². The van der Waals surface area contributed by atoms with Gasteiger partial charge in [0.05, 0.1) is 4.47 Å². The summed E-state index contributed by atoms with van der Waals surface area (Å²) in [5.41, 5.74) is 4.60. The Kier molecular flexibility index (Phi) is 2.81. The van der Waals surface area contributed by atoms with E-state index in [0.717, 1.165) is 4.47 Å². The van der Waals surface area contributed by atoms with Crippen molar-refractivity contribution in [3.05, 3.63) is 17.0 Å². The zero-order chi connectivity index (χ0) is 11.8. The second-order valence-corrected chi connectivity index (χ2v) is 4.68. The van der Waals surface area contributed by atoms with E-state index in [2.05, 4.69) is 25.9 Å². The number of carboxylic acid groups (broad SMARTS) is 1. The Bertz CT molecular complexity index is 428. The first kappa shape index (κ1) is 11.3. The summed E-state index contributed by atoms with van der Waals surface area (Å²) in [4.78, 5) is 20.8. The number of aliphatic carboxylic acids is 1. The highest BCUT2D eigenvalue weighted by Crippen LogP contribution is 2.28. The van der Waals surface area contributed by atoms with E-state index in [1.807, 2.05) is 4.90 Å². The summed E-state index contributed by atoms with van der Waals surface area (Å²) < 4.78 is 0.740. The van der Waals surface area contributed by atoms with Gasteiger partial charge in [0.25, 0.3) is 0 Å². The lowest BCUT2D eigenvalue weighted by Crippen LogP contribution is -2.50. The van der Waals surface area contributed by atoms with Crippen LogP contribution in [0.3, 0.4) is 0 Å². The number of rotatable bonds is 2. The highest BCUT2D eigenvalue weighted by molar-refractivity contribution is 9.10. The SMILES string of the molecule is NC1(C(=O)O)CCN(c2ncncc2Br)C1. The van der Waals surface area contributed by atoms with Crippen molar-refractivity contribution >= 4 is 27.7 Å². The van der Waals surface area contributed by atoms with Crippen molar-refractivity contribution in [3.63, 3.8) is 0 Å². The maximum absolute atomic E-state index is 11.0. The second-order valence-electron chi connectivity index (χ2n) is 3.83. The molecule has 0 radical (unpaired) electrons. The molecule has 2 heterocycles. The average molecular weight is 287 g/mol. The minimum Gasteiger partial charge on any atom is -0.480 e. The maximum atomic E-state index is 11.0. The fourth-order valence-corrected chi connectivity index (χ4v) is 2.20. The van der Waals surface area contributed by atoms with E-state index in [4.69, 9.17) is 10.8 Å². The Morgan fingerprint density at radius 3 is 3.00 bits per heavy atom. The number of nitrogens with two attached hydrogens (primary N) is 1. The van der Waals surface area contributed by atoms with Gasteiger partial charge in [-0.15, -0.1) is 0 Å². The Hall–Kier alpha value is -1.21. The van der Waals surface area contributed by atoms with Gasteiger partial charge in [-0.25, -0.2) is 9.97 Å². The molecule has 7 heteroatoms. The van der Waals surface area contributed by atoms with E-state index >= 15 is 0 Å². The predicted octanol–water partition coefficient (Wildman–Crippen LogP) is 0.231. The molecule has 16 heavy (non-hydrogen) atoms. The summed E-state index contributed by atoms with van der Waals surface area (Å²) in [5.74, 6) is -0.288. The molecule has 0 aromatic carbocycles. The molecule has 0 spiro atoms. The van der Waals surface area contributed by atoms with Crippen molar-refractivity contribution in [2.75, 3.05) is 18.0 Å². The molecule has 2 rings (SSSR count). The molecule has 1 aromatic rings. The van der Waals surface area contributed by atoms with E-state index in [-0.39, 0.29) is 6.54 Å². The smallest absolute Gasteiger partial charge is 0.325 e. The van der Waals surface area contributed by atoms with E-state index in [0.29, 0.717) is 18.8 Å². The van der Waals surface area contributed by atoms with Crippen LogP contribution in [0.1, 0.15) is 6.42 Å². The summed E-state index contributed by atoms with van der Waals surface area (Å²) >= 11 is 3.33. The molecule has 0 amide bonds. The molecule has 1 atom stereocenters. The highest BCUT2D eigenvalue weighted by atomic mass is 79.9. The van der Waals surface area contributed by atoms with Crippen LogP contribution < -0.4 is 10.6 Å². The van der Waals surface area contributed by atoms with Crippen LogP contribution in [0.5, 0.6) is 0 Å². The van der Waals surface area contributed by atoms with Crippen LogP contribution in [0, 0.1) is 0 Å². The van der Waals surface area contributed by atoms with Crippen molar-refractivity contribution in [2.24, 2.45) is 5.73 Å². The standard InChI is InChI=1S/C9H11BrN4O2/c10-6-3-12-5-13-7(6)14-2-1-9(11,4-14)8(15)16/h3,5H,1-2,4,11H2,(H,15,16). The number of nitrogens with zero attached hydrogens (tertiary/aromatic N) is 3. The Morgan fingerprint density at radius 2 is 2.44 bits per heavy atom. The van der Waals surface area contributed by atoms with Crippen molar-refractivity contribution in [1.29, 1.82) is 0 Å². The van der Waals surface area contributed by atoms with Gasteiger partial charge in [-0.2, -0.15) is 0 Å². The third kappa shape index (κ3) is 1.88. The summed E-state index contributed by atoms with van der Waals surface area (Å²) in [6.07, 6.45) is 3.47. The average Bonchev–Trinajstić information content (AvgIpc) is 2.63. The van der Waals surface area contributed by atoms with Crippen molar-refractivity contribution in [3.8, 4) is 0 Å². The number of halogens is 1. The number of hydrogen-bond acceptors (Lipinski definition) is 5. The molecule has 3 N–H and O–H groups in total. The molecule has 1 aliphatic heterocycles. The van der Waals surface area contributed by atoms with E-state index in [9.17, 15) is 4.79 Å². The number of carboxylic acids is 1. The molecule has 86 valence electrons. The monoisotopic (exact) mass is 286 g/mol. The summed E-state index contributed by atoms with van der Waals surface area (Å²) in [6.45, 7) is 0.844. The van der Waals surface area contributed by atoms with Gasteiger partial charge in [0.1, 0.15) is 17.7 Å². The van der Waals surface area contributed by atoms with Gasteiger partial charge < -0.3 is 15.7 Å². The zero-order valence-electron chi connectivity index (χ0n) is 8.43. The molecule has 0 aliphatic carbocycles. The van der Waals surface area contributed by atoms with E-state index in [1.54, 1.807) is 6.20 Å². The molecular formula is C9H11BrN4O2. The van der Waals surface area contributed by atoms with Gasteiger partial charge in [-0.3, -0.25) is 4.79 Å². The summed E-state index contributed by atoms with van der Waals surface area (Å²) in [5, 5.41) is 9.01. The molecule has 1 aromatic heterocycles. The van der Waals surface area contributed by atoms with E-state index in [1.165, 1.54) is 6.33 Å². The predicted molar refractivity (Wildman–Crippen MR) is 61.1 cm³/mol. The van der Waals surface area contributed by atoms with Crippen molar-refractivity contribution in [2.45, 2.75) is 12.0 Å². The molecular weight excluding hydrogens is 276 g/mol. The molecule has 1 unspecified atom stereocenters. The van der Waals surface area contributed by atoms with Crippen LogP contribution in [0.2, 0.25) is 0 Å². The van der Waals surface area contributed by atoms with Gasteiger partial charge in [-0.1, -0.05) is 0 Å². The van der Waals surface area contributed by atoms with Crippen LogP contribution in [0.4, 0.5) is 5.82 Å². The topological polar surface area (TPSA) is 92.3 Å².